The first-order valence-electron chi connectivity index (χ1n) is 10.2. The lowest BCUT2D eigenvalue weighted by molar-refractivity contribution is -0.00218. The summed E-state index contributed by atoms with van der Waals surface area (Å²) in [4.78, 5) is 4.78. The molecule has 4 heterocycles. The van der Waals surface area contributed by atoms with Gasteiger partial charge in [0.25, 0.3) is 0 Å². The van der Waals surface area contributed by atoms with Crippen molar-refractivity contribution in [1.82, 2.24) is 14.9 Å². The molecule has 1 atom stereocenters. The minimum atomic E-state index is 0.168. The maximum Gasteiger partial charge on any atom is 0.161 e. The van der Waals surface area contributed by atoms with Gasteiger partial charge in [0.1, 0.15) is 12.4 Å². The summed E-state index contributed by atoms with van der Waals surface area (Å²) in [6, 6.07) is 6.59. The van der Waals surface area contributed by atoms with Crippen molar-refractivity contribution in [2.24, 2.45) is 0 Å². The standard InChI is InChI=1S/C21H27N3O4/c1-6-26-19-3-2-15(10-20(19)27-7-1)18-13-24-12-17(28-14-21(24)23-18)11-22-16-4-8-25-9-5-16/h2-3,10,13,16-17,22H,1,4-9,11-12,14H2/t17-/m0/s1. The van der Waals surface area contributed by atoms with Gasteiger partial charge < -0.3 is 28.8 Å². The lowest BCUT2D eigenvalue weighted by atomic mass is 10.1. The minimum Gasteiger partial charge on any atom is -0.490 e. The summed E-state index contributed by atoms with van der Waals surface area (Å²) >= 11 is 0. The Bertz CT molecular complexity index is 816. The second-order valence-corrected chi connectivity index (χ2v) is 7.63. The van der Waals surface area contributed by atoms with Gasteiger partial charge >= 0.3 is 0 Å². The maximum absolute atomic E-state index is 6.03. The van der Waals surface area contributed by atoms with Crippen molar-refractivity contribution in [1.29, 1.82) is 0 Å². The molecular formula is C21H27N3O4. The zero-order valence-electron chi connectivity index (χ0n) is 16.1. The molecule has 7 nitrogen and oxygen atoms in total. The normalized spacial score (nSPS) is 22.5. The molecule has 0 saturated carbocycles. The van der Waals surface area contributed by atoms with Crippen LogP contribution < -0.4 is 14.8 Å². The molecule has 0 spiro atoms. The summed E-state index contributed by atoms with van der Waals surface area (Å²) in [5, 5.41) is 3.63. The number of nitrogens with zero attached hydrogens (tertiary/aromatic N) is 2. The molecule has 5 rings (SSSR count). The number of imidazole rings is 1. The Balaban J connectivity index is 1.26. The average molecular weight is 385 g/mol. The quantitative estimate of drug-likeness (QED) is 0.872. The monoisotopic (exact) mass is 385 g/mol. The van der Waals surface area contributed by atoms with Crippen LogP contribution in [0.1, 0.15) is 25.1 Å². The summed E-state index contributed by atoms with van der Waals surface area (Å²) in [5.74, 6) is 2.59. The van der Waals surface area contributed by atoms with Crippen LogP contribution in [0.2, 0.25) is 0 Å². The summed E-state index contributed by atoms with van der Waals surface area (Å²) in [7, 11) is 0. The molecule has 150 valence electrons. The molecule has 3 aliphatic heterocycles. The largest absolute Gasteiger partial charge is 0.490 e. The van der Waals surface area contributed by atoms with Crippen molar-refractivity contribution < 1.29 is 18.9 Å². The zero-order chi connectivity index (χ0) is 18.8. The van der Waals surface area contributed by atoms with E-state index in [4.69, 9.17) is 23.9 Å². The number of fused-ring (bicyclic) bond motifs is 2. The lowest BCUT2D eigenvalue weighted by Crippen LogP contribution is -2.42. The fourth-order valence-corrected chi connectivity index (χ4v) is 3.98. The molecule has 1 aromatic heterocycles. The van der Waals surface area contributed by atoms with Crippen LogP contribution in [0, 0.1) is 0 Å². The van der Waals surface area contributed by atoms with E-state index in [1.807, 2.05) is 18.2 Å². The van der Waals surface area contributed by atoms with E-state index in [1.54, 1.807) is 0 Å². The van der Waals surface area contributed by atoms with Gasteiger partial charge in [0.2, 0.25) is 0 Å². The number of aromatic nitrogens is 2. The van der Waals surface area contributed by atoms with Gasteiger partial charge in [-0.15, -0.1) is 0 Å². The smallest absolute Gasteiger partial charge is 0.161 e. The molecule has 2 aromatic rings. The lowest BCUT2D eigenvalue weighted by Gasteiger charge is -2.28. The third kappa shape index (κ3) is 3.87. The number of rotatable bonds is 4. The van der Waals surface area contributed by atoms with Crippen LogP contribution >= 0.6 is 0 Å². The first-order chi connectivity index (χ1) is 13.8. The van der Waals surface area contributed by atoms with Gasteiger partial charge in [-0.1, -0.05) is 0 Å². The summed E-state index contributed by atoms with van der Waals surface area (Å²) in [5.41, 5.74) is 2.00. The van der Waals surface area contributed by atoms with Crippen LogP contribution in [0.3, 0.4) is 0 Å². The van der Waals surface area contributed by atoms with Crippen molar-refractivity contribution >= 4 is 0 Å². The average Bonchev–Trinajstić information content (AvgIpc) is 3.02. The second-order valence-electron chi connectivity index (χ2n) is 7.63. The molecule has 3 aliphatic rings. The van der Waals surface area contributed by atoms with E-state index < -0.39 is 0 Å². The number of benzene rings is 1. The van der Waals surface area contributed by atoms with Crippen LogP contribution in [0.4, 0.5) is 0 Å². The summed E-state index contributed by atoms with van der Waals surface area (Å²) < 4.78 is 25.2. The predicted octanol–water partition coefficient (Wildman–Crippen LogP) is 2.38. The summed E-state index contributed by atoms with van der Waals surface area (Å²) in [6.07, 6.45) is 5.36. The van der Waals surface area contributed by atoms with Gasteiger partial charge in [-0.2, -0.15) is 0 Å². The van der Waals surface area contributed by atoms with E-state index in [-0.39, 0.29) is 6.10 Å². The van der Waals surface area contributed by atoms with E-state index in [9.17, 15) is 0 Å². The van der Waals surface area contributed by atoms with E-state index in [2.05, 4.69) is 16.1 Å². The molecule has 1 fully saturated rings. The molecule has 0 radical (unpaired) electrons. The second kappa shape index (κ2) is 8.11. The fourth-order valence-electron chi connectivity index (χ4n) is 3.98. The van der Waals surface area contributed by atoms with Crippen LogP contribution in [-0.4, -0.2) is 54.7 Å². The molecule has 0 unspecified atom stereocenters. The highest BCUT2D eigenvalue weighted by Crippen LogP contribution is 2.34. The number of ether oxygens (including phenoxy) is 4. The van der Waals surface area contributed by atoms with Crippen molar-refractivity contribution in [2.45, 2.75) is 44.6 Å². The van der Waals surface area contributed by atoms with Gasteiger partial charge in [-0.3, -0.25) is 0 Å². The van der Waals surface area contributed by atoms with Crippen LogP contribution in [-0.2, 0) is 22.6 Å². The molecule has 7 heteroatoms. The Labute approximate surface area is 164 Å². The van der Waals surface area contributed by atoms with Crippen LogP contribution in [0.25, 0.3) is 11.3 Å². The Morgan fingerprint density at radius 3 is 2.82 bits per heavy atom. The van der Waals surface area contributed by atoms with E-state index in [0.717, 1.165) is 74.1 Å². The predicted molar refractivity (Wildman–Crippen MR) is 104 cm³/mol. The molecule has 1 N–H and O–H groups in total. The minimum absolute atomic E-state index is 0.168. The molecule has 0 amide bonds. The molecule has 0 bridgehead atoms. The zero-order valence-corrected chi connectivity index (χ0v) is 16.1. The van der Waals surface area contributed by atoms with Gasteiger partial charge in [0.05, 0.1) is 31.6 Å². The highest BCUT2D eigenvalue weighted by molar-refractivity contribution is 5.64. The maximum atomic E-state index is 6.03. The highest BCUT2D eigenvalue weighted by Gasteiger charge is 2.23. The molecule has 28 heavy (non-hydrogen) atoms. The fraction of sp³-hybridized carbons (Fsp3) is 0.571. The Kier molecular flexibility index (Phi) is 5.20. The first-order valence-corrected chi connectivity index (χ1v) is 10.2. The van der Waals surface area contributed by atoms with E-state index >= 15 is 0 Å². The molecule has 1 saturated heterocycles. The summed E-state index contributed by atoms with van der Waals surface area (Å²) in [6.45, 7) is 5.33. The molecular weight excluding hydrogens is 358 g/mol. The topological polar surface area (TPSA) is 66.8 Å². The van der Waals surface area contributed by atoms with Crippen molar-refractivity contribution in [2.75, 3.05) is 33.0 Å². The number of hydrogen-bond acceptors (Lipinski definition) is 6. The van der Waals surface area contributed by atoms with Crippen molar-refractivity contribution in [3.8, 4) is 22.8 Å². The first kappa shape index (κ1) is 18.0. The van der Waals surface area contributed by atoms with E-state index in [0.29, 0.717) is 25.9 Å². The third-order valence-corrected chi connectivity index (χ3v) is 5.61. The van der Waals surface area contributed by atoms with Gasteiger partial charge in [-0.25, -0.2) is 4.98 Å². The van der Waals surface area contributed by atoms with Gasteiger partial charge in [0, 0.05) is 44.0 Å². The van der Waals surface area contributed by atoms with Crippen LogP contribution in [0.15, 0.2) is 24.4 Å². The Hall–Kier alpha value is -2.09. The van der Waals surface area contributed by atoms with Gasteiger partial charge in [-0.05, 0) is 31.0 Å². The van der Waals surface area contributed by atoms with Crippen molar-refractivity contribution in [3.05, 3.63) is 30.2 Å². The van der Waals surface area contributed by atoms with Gasteiger partial charge in [0.15, 0.2) is 11.5 Å². The molecule has 0 aliphatic carbocycles. The third-order valence-electron chi connectivity index (χ3n) is 5.61. The Morgan fingerprint density at radius 2 is 1.93 bits per heavy atom. The van der Waals surface area contributed by atoms with Crippen molar-refractivity contribution in [3.63, 3.8) is 0 Å². The highest BCUT2D eigenvalue weighted by atomic mass is 16.5. The van der Waals surface area contributed by atoms with Crippen LogP contribution in [0.5, 0.6) is 11.5 Å². The Morgan fingerprint density at radius 1 is 1.07 bits per heavy atom. The van der Waals surface area contributed by atoms with E-state index in [1.165, 1.54) is 0 Å². The number of nitrogens with one attached hydrogen (secondary N) is 1. The SMILES string of the molecule is c1cc2c(cc1-c1cn3c(n1)CO[C@@H](CNC1CCOCC1)C3)OCCCO2. The number of hydrogen-bond donors (Lipinski definition) is 1. The molecule has 1 aromatic carbocycles.